The van der Waals surface area contributed by atoms with E-state index in [2.05, 4.69) is 26.6 Å². The van der Waals surface area contributed by atoms with Crippen LogP contribution in [0.2, 0.25) is 0 Å². The first-order valence-electron chi connectivity index (χ1n) is 25.9. The Morgan fingerprint density at radius 1 is 0.346 bits per heavy atom. The summed E-state index contributed by atoms with van der Waals surface area (Å²) in [6.07, 6.45) is -44.9. The molecule has 466 valence electrons. The molecule has 6 heterocycles. The number of aliphatic hydroxyl groups excluding tert-OH is 14. The Morgan fingerprint density at radius 3 is 1.20 bits per heavy atom. The fraction of sp³-hybridized carbons (Fsp3) is 0.891. The Labute approximate surface area is 461 Å². The van der Waals surface area contributed by atoms with Crippen molar-refractivity contribution in [3.63, 3.8) is 0 Å². The van der Waals surface area contributed by atoms with Gasteiger partial charge in [-0.1, -0.05) is 0 Å². The summed E-state index contributed by atoms with van der Waals surface area (Å²) >= 11 is 0. The minimum Gasteiger partial charge on any atom is -0.394 e. The van der Waals surface area contributed by atoms with Crippen molar-refractivity contribution in [1.29, 1.82) is 0 Å². The molecule has 0 aliphatic carbocycles. The summed E-state index contributed by atoms with van der Waals surface area (Å²) in [6, 6.07) is -8.33. The van der Waals surface area contributed by atoms with Crippen LogP contribution in [0.15, 0.2) is 0 Å². The van der Waals surface area contributed by atoms with Crippen molar-refractivity contribution in [1.82, 2.24) is 26.6 Å². The number of aliphatic hydroxyl groups is 14. The Bertz CT molecular complexity index is 2090. The molecule has 6 rings (SSSR count). The summed E-state index contributed by atoms with van der Waals surface area (Å²) < 4.78 is 65.8. The summed E-state index contributed by atoms with van der Waals surface area (Å²) in [7, 11) is 0. The summed E-state index contributed by atoms with van der Waals surface area (Å²) in [5, 5.41) is 165. The molecular weight excluding hydrogens is 1100 g/mol. The van der Waals surface area contributed by atoms with Crippen molar-refractivity contribution in [3.8, 4) is 0 Å². The van der Waals surface area contributed by atoms with Crippen LogP contribution in [0.4, 0.5) is 0 Å². The van der Waals surface area contributed by atoms with Gasteiger partial charge in [0.1, 0.15) is 140 Å². The number of hydrogen-bond donors (Lipinski definition) is 19. The fourth-order valence-electron chi connectivity index (χ4n) is 10.4. The van der Waals surface area contributed by atoms with Crippen molar-refractivity contribution in [2.45, 2.75) is 225 Å². The zero-order chi connectivity index (χ0) is 60.1. The molecule has 0 bridgehead atoms. The minimum atomic E-state index is -2.11. The molecule has 0 radical (unpaired) electrons. The van der Waals surface area contributed by atoms with E-state index in [1.54, 1.807) is 0 Å². The highest BCUT2D eigenvalue weighted by molar-refractivity contribution is 5.75. The van der Waals surface area contributed by atoms with E-state index in [1.807, 2.05) is 0 Å². The second-order valence-electron chi connectivity index (χ2n) is 20.5. The molecule has 6 fully saturated rings. The van der Waals surface area contributed by atoms with Crippen molar-refractivity contribution in [2.24, 2.45) is 0 Å². The maximum absolute atomic E-state index is 13.1. The average Bonchev–Trinajstić information content (AvgIpc) is 3.56. The molecule has 0 aromatic rings. The van der Waals surface area contributed by atoms with Crippen LogP contribution >= 0.6 is 0 Å². The first-order chi connectivity index (χ1) is 38.1. The SMILES string of the molecule is CC(=O)N[C@@H]1[C@@H](O[C@@H]2O[C@H](CO)[C@@H](O[C@@H]3O[C@H](CO)[C@H](O)[C@H](O)[C@H]3NC(C)=O)[C@H](O)[C@H]2NC(C)=O)[C@@H](O)[C@@H](CO[C@@H]2O[C@H](CO)[C@@H](O[C@@H]3O[C@H](CO)[C@H](O)[C@H](O)[C@H]3NC(C)=O)[C@H](O[C@@H]3O[C@@H](C)[C@@H](O)[C@@H](O)[C@@H]3O)[C@H]2NC(C)=O)O[C@@H]1O. The monoisotopic (exact) mass is 1180 g/mol. The molecule has 81 heavy (non-hydrogen) atoms. The van der Waals surface area contributed by atoms with Gasteiger partial charge in [0.05, 0.1) is 39.1 Å². The lowest BCUT2D eigenvalue weighted by Gasteiger charge is -2.51. The van der Waals surface area contributed by atoms with E-state index in [-0.39, 0.29) is 0 Å². The molecule has 6 aliphatic heterocycles. The van der Waals surface area contributed by atoms with Crippen LogP contribution in [-0.4, -0.2) is 318 Å². The van der Waals surface area contributed by atoms with Gasteiger partial charge in [-0.3, -0.25) is 24.0 Å². The Hall–Kier alpha value is -3.65. The first kappa shape index (κ1) is 66.5. The van der Waals surface area contributed by atoms with Crippen LogP contribution in [0.1, 0.15) is 41.5 Å². The van der Waals surface area contributed by atoms with Gasteiger partial charge in [0, 0.05) is 34.6 Å². The maximum Gasteiger partial charge on any atom is 0.217 e. The average molecular weight is 1180 g/mol. The minimum absolute atomic E-state index is 0.731. The highest BCUT2D eigenvalue weighted by Gasteiger charge is 2.58. The maximum atomic E-state index is 13.1. The van der Waals surface area contributed by atoms with Gasteiger partial charge < -0.3 is 150 Å². The third-order valence-corrected chi connectivity index (χ3v) is 14.4. The van der Waals surface area contributed by atoms with E-state index in [4.69, 9.17) is 52.1 Å². The zero-order valence-electron chi connectivity index (χ0n) is 44.6. The molecule has 5 amide bonds. The second-order valence-corrected chi connectivity index (χ2v) is 20.5. The zero-order valence-corrected chi connectivity index (χ0v) is 44.6. The lowest BCUT2D eigenvalue weighted by Crippen LogP contribution is -2.71. The van der Waals surface area contributed by atoms with E-state index in [0.29, 0.717) is 0 Å². The van der Waals surface area contributed by atoms with Gasteiger partial charge in [0.25, 0.3) is 0 Å². The summed E-state index contributed by atoms with van der Waals surface area (Å²) in [4.78, 5) is 62.9. The van der Waals surface area contributed by atoms with Crippen LogP contribution in [0.25, 0.3) is 0 Å². The lowest BCUT2D eigenvalue weighted by atomic mass is 9.93. The van der Waals surface area contributed by atoms with Gasteiger partial charge in [-0.05, 0) is 6.92 Å². The highest BCUT2D eigenvalue weighted by Crippen LogP contribution is 2.37. The molecule has 0 aromatic carbocycles. The van der Waals surface area contributed by atoms with Gasteiger partial charge >= 0.3 is 0 Å². The molecule has 19 N–H and O–H groups in total. The van der Waals surface area contributed by atoms with E-state index in [1.165, 1.54) is 6.92 Å². The van der Waals surface area contributed by atoms with E-state index < -0.39 is 246 Å². The number of carbonyl (C=O) groups is 5. The van der Waals surface area contributed by atoms with E-state index in [9.17, 15) is 95.5 Å². The topological polar surface area (TPSA) is 530 Å². The van der Waals surface area contributed by atoms with Crippen LogP contribution in [0.3, 0.4) is 0 Å². The summed E-state index contributed by atoms with van der Waals surface area (Å²) in [6.45, 7) is 1.88. The first-order valence-corrected chi connectivity index (χ1v) is 25.9. The standard InChI is InChI=1S/C46H77N5O30/c1-12-28(61)35(68)36(69)46(72-12)81-40-27(51-17(6)60)42(76-21(10-55)38(40)79-44-24(48-14(3)57)33(66)30(63)19(8-53)75-44)71-11-22-31(64)39(26(41(70)73-22)50-16(5)59)80-45-25(49-15(4)58)34(67)37(20(9-54)77-45)78-43-23(47-13(2)56)32(65)29(62)18(7-52)74-43/h12,18-46,52-55,61-70H,7-11H2,1-6H3,(H,47,56)(H,48,57)(H,49,58)(H,50,59)(H,51,60)/t12-,18+,19+,20+,21+,22+,23+,24+,25+,26+,27+,28+,29-,30-,31-,32+,33+,34+,35+,36-,37+,38+,39+,40+,41-,42+,43-,44-,45-,46-/m0/s1. The molecule has 35 heteroatoms. The number of nitrogens with one attached hydrogen (secondary N) is 5. The summed E-state index contributed by atoms with van der Waals surface area (Å²) in [5.74, 6) is -3.96. The summed E-state index contributed by atoms with van der Waals surface area (Å²) in [5.41, 5.74) is 0. The molecular formula is C46H77N5O30. The predicted octanol–water partition coefficient (Wildman–Crippen LogP) is -12.4. The van der Waals surface area contributed by atoms with Crippen LogP contribution in [0, 0.1) is 0 Å². The van der Waals surface area contributed by atoms with Crippen LogP contribution in [-0.2, 0) is 76.1 Å². The van der Waals surface area contributed by atoms with Gasteiger partial charge in [-0.15, -0.1) is 0 Å². The highest BCUT2D eigenvalue weighted by atomic mass is 16.8. The molecule has 35 nitrogen and oxygen atoms in total. The predicted molar refractivity (Wildman–Crippen MR) is 256 cm³/mol. The molecule has 6 aliphatic rings. The lowest BCUT2D eigenvalue weighted by molar-refractivity contribution is -0.369. The number of hydrogen-bond acceptors (Lipinski definition) is 30. The van der Waals surface area contributed by atoms with Gasteiger partial charge in [-0.25, -0.2) is 0 Å². The number of amides is 5. The third-order valence-electron chi connectivity index (χ3n) is 14.4. The molecule has 0 aromatic heterocycles. The van der Waals surface area contributed by atoms with Crippen molar-refractivity contribution in [3.05, 3.63) is 0 Å². The molecule has 6 saturated heterocycles. The van der Waals surface area contributed by atoms with E-state index >= 15 is 0 Å². The normalized spacial score (nSPS) is 45.7. The number of ether oxygens (including phenoxy) is 11. The van der Waals surface area contributed by atoms with E-state index in [0.717, 1.165) is 34.6 Å². The second kappa shape index (κ2) is 29.0. The van der Waals surface area contributed by atoms with Crippen molar-refractivity contribution in [2.75, 3.05) is 33.0 Å². The van der Waals surface area contributed by atoms with Crippen LogP contribution in [0.5, 0.6) is 0 Å². The quantitative estimate of drug-likeness (QED) is 0.0538. The van der Waals surface area contributed by atoms with Crippen molar-refractivity contribution < 1.29 is 148 Å². The van der Waals surface area contributed by atoms with Crippen molar-refractivity contribution >= 4 is 29.5 Å². The van der Waals surface area contributed by atoms with Gasteiger partial charge in [-0.2, -0.15) is 0 Å². The van der Waals surface area contributed by atoms with Gasteiger partial charge in [0.2, 0.25) is 29.5 Å². The van der Waals surface area contributed by atoms with Gasteiger partial charge in [0.15, 0.2) is 37.7 Å². The number of carbonyl (C=O) groups excluding carboxylic acids is 5. The molecule has 30 atom stereocenters. The third kappa shape index (κ3) is 15.4. The molecule has 0 spiro atoms. The van der Waals surface area contributed by atoms with Crippen LogP contribution < -0.4 is 26.6 Å². The molecule has 0 unspecified atom stereocenters. The number of rotatable bonds is 20. The Morgan fingerprint density at radius 2 is 0.728 bits per heavy atom. The fourth-order valence-corrected chi connectivity index (χ4v) is 10.4. The smallest absolute Gasteiger partial charge is 0.217 e. The largest absolute Gasteiger partial charge is 0.394 e. The Balaban J connectivity index is 1.31. The molecule has 0 saturated carbocycles. The Kier molecular flexibility index (Phi) is 23.8.